The summed E-state index contributed by atoms with van der Waals surface area (Å²) in [5, 5.41) is 11.3. The molecule has 3 aromatic rings. The summed E-state index contributed by atoms with van der Waals surface area (Å²) >= 11 is 0. The number of ether oxygens (including phenoxy) is 3. The molecule has 1 amide bonds. The highest BCUT2D eigenvalue weighted by molar-refractivity contribution is 6.46. The van der Waals surface area contributed by atoms with Crippen LogP contribution in [0.4, 0.5) is 0 Å². The molecule has 1 aliphatic rings. The highest BCUT2D eigenvalue weighted by atomic mass is 16.5. The second kappa shape index (κ2) is 11.2. The number of rotatable bonds is 10. The maximum atomic E-state index is 13.3. The lowest BCUT2D eigenvalue weighted by molar-refractivity contribution is -0.139. The third-order valence-corrected chi connectivity index (χ3v) is 6.14. The number of ketones is 1. The van der Waals surface area contributed by atoms with Crippen LogP contribution in [0.3, 0.4) is 0 Å². The summed E-state index contributed by atoms with van der Waals surface area (Å²) in [4.78, 5) is 32.1. The van der Waals surface area contributed by atoms with Crippen LogP contribution >= 0.6 is 0 Å². The monoisotopic (exact) mass is 505 g/mol. The van der Waals surface area contributed by atoms with Crippen LogP contribution in [0.2, 0.25) is 0 Å². The van der Waals surface area contributed by atoms with Crippen LogP contribution in [0.15, 0.2) is 66.8 Å². The van der Waals surface area contributed by atoms with Crippen molar-refractivity contribution >= 4 is 17.4 Å². The van der Waals surface area contributed by atoms with E-state index in [1.807, 2.05) is 24.6 Å². The highest BCUT2D eigenvalue weighted by Gasteiger charge is 2.46. The number of hydrogen-bond acceptors (Lipinski definition) is 7. The smallest absolute Gasteiger partial charge is 0.295 e. The number of aryl methyl sites for hydroxylation is 1. The van der Waals surface area contributed by atoms with E-state index in [-0.39, 0.29) is 17.4 Å². The van der Waals surface area contributed by atoms with Crippen molar-refractivity contribution in [1.29, 1.82) is 0 Å². The zero-order chi connectivity index (χ0) is 26.5. The van der Waals surface area contributed by atoms with Gasteiger partial charge in [0, 0.05) is 31.0 Å². The number of aliphatic hydroxyl groups is 1. The molecule has 1 fully saturated rings. The van der Waals surface area contributed by atoms with Crippen LogP contribution in [0, 0.1) is 0 Å². The number of Topliss-reactive ketones (excluding diaryl/α,β-unsaturated/α-hetero) is 1. The summed E-state index contributed by atoms with van der Waals surface area (Å²) in [5.74, 6) is -0.0216. The number of likely N-dealkylation sites (tertiary alicyclic amines) is 1. The Labute approximate surface area is 215 Å². The number of benzene rings is 2. The molecule has 37 heavy (non-hydrogen) atoms. The van der Waals surface area contributed by atoms with Gasteiger partial charge in [-0.3, -0.25) is 9.59 Å². The summed E-state index contributed by atoms with van der Waals surface area (Å²) in [6, 6.07) is 11.2. The van der Waals surface area contributed by atoms with Crippen molar-refractivity contribution in [2.45, 2.75) is 39.0 Å². The zero-order valence-electron chi connectivity index (χ0n) is 21.4. The molecule has 1 aromatic heterocycles. The lowest BCUT2D eigenvalue weighted by atomic mass is 9.95. The fraction of sp³-hybridized carbons (Fsp3) is 0.321. The minimum Gasteiger partial charge on any atom is -0.507 e. The van der Waals surface area contributed by atoms with Crippen LogP contribution in [-0.4, -0.2) is 58.1 Å². The highest BCUT2D eigenvalue weighted by Crippen LogP contribution is 2.42. The number of aromatic nitrogens is 2. The van der Waals surface area contributed by atoms with Crippen molar-refractivity contribution in [3.8, 4) is 17.2 Å². The molecule has 0 spiro atoms. The van der Waals surface area contributed by atoms with Gasteiger partial charge in [-0.2, -0.15) is 0 Å². The quantitative estimate of drug-likeness (QED) is 0.250. The fourth-order valence-corrected chi connectivity index (χ4v) is 4.44. The van der Waals surface area contributed by atoms with Gasteiger partial charge in [-0.05, 0) is 62.2 Å². The predicted octanol–water partition coefficient (Wildman–Crippen LogP) is 4.20. The van der Waals surface area contributed by atoms with Gasteiger partial charge in [0.15, 0.2) is 11.5 Å². The fourth-order valence-electron chi connectivity index (χ4n) is 4.44. The Morgan fingerprint density at radius 1 is 1.03 bits per heavy atom. The average Bonchev–Trinajstić information content (AvgIpc) is 3.50. The molecular formula is C28H31N3O6. The van der Waals surface area contributed by atoms with Crippen molar-refractivity contribution in [1.82, 2.24) is 14.5 Å². The van der Waals surface area contributed by atoms with Crippen LogP contribution in [-0.2, 0) is 16.1 Å². The van der Waals surface area contributed by atoms with Gasteiger partial charge in [-0.1, -0.05) is 6.07 Å². The molecule has 4 rings (SSSR count). The van der Waals surface area contributed by atoms with Crippen LogP contribution in [0.25, 0.3) is 5.76 Å². The number of carbonyl (C=O) groups is 2. The summed E-state index contributed by atoms with van der Waals surface area (Å²) in [6.45, 7) is 4.77. The van der Waals surface area contributed by atoms with E-state index in [1.165, 1.54) is 19.1 Å². The van der Waals surface area contributed by atoms with Crippen LogP contribution in [0.1, 0.15) is 37.4 Å². The maximum Gasteiger partial charge on any atom is 0.295 e. The molecule has 194 valence electrons. The van der Waals surface area contributed by atoms with Gasteiger partial charge in [0.2, 0.25) is 0 Å². The van der Waals surface area contributed by atoms with Gasteiger partial charge in [0.1, 0.15) is 11.5 Å². The number of hydrogen-bond donors (Lipinski definition) is 1. The van der Waals surface area contributed by atoms with E-state index < -0.39 is 17.7 Å². The van der Waals surface area contributed by atoms with E-state index in [2.05, 4.69) is 4.98 Å². The van der Waals surface area contributed by atoms with E-state index in [9.17, 15) is 14.7 Å². The largest absolute Gasteiger partial charge is 0.507 e. The van der Waals surface area contributed by atoms with E-state index >= 15 is 0 Å². The second-order valence-electron chi connectivity index (χ2n) is 8.95. The van der Waals surface area contributed by atoms with E-state index in [0.29, 0.717) is 47.9 Å². The maximum absolute atomic E-state index is 13.3. The molecule has 1 N–H and O–H groups in total. The number of nitrogens with zero attached hydrogens (tertiary/aromatic N) is 3. The molecule has 1 atom stereocenters. The molecule has 0 radical (unpaired) electrons. The van der Waals surface area contributed by atoms with E-state index in [4.69, 9.17) is 14.2 Å². The third kappa shape index (κ3) is 5.45. The van der Waals surface area contributed by atoms with Crippen molar-refractivity contribution in [2.75, 3.05) is 20.8 Å². The number of methoxy groups -OCH3 is 2. The van der Waals surface area contributed by atoms with Gasteiger partial charge in [-0.15, -0.1) is 0 Å². The summed E-state index contributed by atoms with van der Waals surface area (Å²) in [7, 11) is 3.05. The number of amides is 1. The SMILES string of the molecule is COc1ccc([C@H]2C(=C(O)c3ccc(OC(C)C)cc3)C(=O)C(=O)N2CCCn2ccnc2)cc1OC. The van der Waals surface area contributed by atoms with Crippen molar-refractivity contribution in [3.05, 3.63) is 77.9 Å². The molecule has 9 heteroatoms. The predicted molar refractivity (Wildman–Crippen MR) is 138 cm³/mol. The lowest BCUT2D eigenvalue weighted by Crippen LogP contribution is -2.31. The first-order valence-electron chi connectivity index (χ1n) is 12.1. The van der Waals surface area contributed by atoms with Gasteiger partial charge in [0.25, 0.3) is 11.7 Å². The van der Waals surface area contributed by atoms with Gasteiger partial charge in [0.05, 0.1) is 38.3 Å². The van der Waals surface area contributed by atoms with Crippen LogP contribution < -0.4 is 14.2 Å². The Hall–Kier alpha value is -4.27. The Morgan fingerprint density at radius 2 is 1.76 bits per heavy atom. The minimum absolute atomic E-state index is 0.00264. The first-order valence-corrected chi connectivity index (χ1v) is 12.1. The number of imidazole rings is 1. The third-order valence-electron chi connectivity index (χ3n) is 6.14. The normalized spacial score (nSPS) is 16.9. The Morgan fingerprint density at radius 3 is 2.38 bits per heavy atom. The summed E-state index contributed by atoms with van der Waals surface area (Å²) in [6.07, 6.45) is 5.82. The molecule has 2 heterocycles. The lowest BCUT2D eigenvalue weighted by Gasteiger charge is -2.26. The van der Waals surface area contributed by atoms with E-state index in [1.54, 1.807) is 55.0 Å². The standard InChI is InChI=1S/C28H31N3O6/c1-18(2)37-21-9-6-19(7-10-21)26(32)24-25(20-8-11-22(35-3)23(16-20)36-4)31(28(34)27(24)33)14-5-13-30-15-12-29-17-30/h6-12,15-18,25,32H,5,13-14H2,1-4H3/t25-/m0/s1. The topological polar surface area (TPSA) is 103 Å². The van der Waals surface area contributed by atoms with Gasteiger partial charge >= 0.3 is 0 Å². The average molecular weight is 506 g/mol. The molecule has 0 aliphatic carbocycles. The van der Waals surface area contributed by atoms with Crippen molar-refractivity contribution in [2.24, 2.45) is 0 Å². The van der Waals surface area contributed by atoms with Crippen molar-refractivity contribution < 1.29 is 28.9 Å². The number of aliphatic hydroxyl groups excluding tert-OH is 1. The van der Waals surface area contributed by atoms with Gasteiger partial charge in [-0.25, -0.2) is 4.98 Å². The zero-order valence-corrected chi connectivity index (χ0v) is 21.4. The first kappa shape index (κ1) is 25.8. The molecule has 9 nitrogen and oxygen atoms in total. The molecule has 0 saturated carbocycles. The Kier molecular flexibility index (Phi) is 7.81. The van der Waals surface area contributed by atoms with Crippen LogP contribution in [0.5, 0.6) is 17.2 Å². The molecular weight excluding hydrogens is 474 g/mol. The molecule has 0 unspecified atom stereocenters. The van der Waals surface area contributed by atoms with Gasteiger partial charge < -0.3 is 28.8 Å². The second-order valence-corrected chi connectivity index (χ2v) is 8.95. The molecule has 1 saturated heterocycles. The molecule has 1 aliphatic heterocycles. The van der Waals surface area contributed by atoms with E-state index in [0.717, 1.165) is 0 Å². The Bertz CT molecular complexity index is 1280. The summed E-state index contributed by atoms with van der Waals surface area (Å²) < 4.78 is 18.4. The minimum atomic E-state index is -0.797. The summed E-state index contributed by atoms with van der Waals surface area (Å²) in [5.41, 5.74) is 1.07. The first-order chi connectivity index (χ1) is 17.8. The number of carbonyl (C=O) groups excluding carboxylic acids is 2. The molecule has 0 bridgehead atoms. The molecule has 2 aromatic carbocycles. The van der Waals surface area contributed by atoms with Crippen molar-refractivity contribution in [3.63, 3.8) is 0 Å². The Balaban J connectivity index is 1.74.